The molecule has 0 aromatic carbocycles. The third kappa shape index (κ3) is 4.79. The first kappa shape index (κ1) is 11.0. The molecule has 2 heteroatoms. The third-order valence-electron chi connectivity index (χ3n) is 1.69. The van der Waals surface area contributed by atoms with E-state index in [1.54, 1.807) is 11.9 Å². The highest BCUT2D eigenvalue weighted by molar-refractivity contribution is 5.76. The molecule has 0 fully saturated rings. The summed E-state index contributed by atoms with van der Waals surface area (Å²) in [5.41, 5.74) is 0. The number of hydrogen-bond acceptors (Lipinski definition) is 1. The fourth-order valence-electron chi connectivity index (χ4n) is 0.828. The summed E-state index contributed by atoms with van der Waals surface area (Å²) in [7, 11) is 1.74. The molecule has 0 saturated carbocycles. The molecule has 0 heterocycles. The van der Waals surface area contributed by atoms with E-state index in [0.717, 1.165) is 6.42 Å². The van der Waals surface area contributed by atoms with Crippen molar-refractivity contribution in [2.45, 2.75) is 26.7 Å². The van der Waals surface area contributed by atoms with Gasteiger partial charge in [0.05, 0.1) is 6.54 Å². The zero-order valence-electron chi connectivity index (χ0n) is 8.13. The average molecular weight is 167 g/mol. The molecule has 0 bridgehead atoms. The van der Waals surface area contributed by atoms with Crippen LogP contribution in [-0.4, -0.2) is 24.4 Å². The molecule has 0 radical (unpaired) electrons. The van der Waals surface area contributed by atoms with Gasteiger partial charge in [-0.15, -0.1) is 6.42 Å². The van der Waals surface area contributed by atoms with Crippen LogP contribution >= 0.6 is 0 Å². The molecule has 0 aromatic rings. The van der Waals surface area contributed by atoms with E-state index in [1.807, 2.05) is 0 Å². The highest BCUT2D eigenvalue weighted by Crippen LogP contribution is 2.04. The second-order valence-corrected chi connectivity index (χ2v) is 3.39. The van der Waals surface area contributed by atoms with Crippen molar-refractivity contribution in [2.75, 3.05) is 13.6 Å². The number of hydrogen-bond donors (Lipinski definition) is 0. The molecule has 0 aliphatic rings. The molecular formula is C10H17NO. The number of nitrogens with zero attached hydrogens (tertiary/aromatic N) is 1. The standard InChI is InChI=1S/C10H17NO/c1-5-8-11(4)10(12)7-6-9(2)3/h1,9H,6-8H2,2-4H3. The second kappa shape index (κ2) is 5.65. The molecule has 0 spiro atoms. The van der Waals surface area contributed by atoms with Crippen LogP contribution in [0.25, 0.3) is 0 Å². The van der Waals surface area contributed by atoms with E-state index in [2.05, 4.69) is 19.8 Å². The lowest BCUT2D eigenvalue weighted by Gasteiger charge is -2.14. The Kier molecular flexibility index (Phi) is 5.19. The molecule has 1 amide bonds. The molecule has 0 atom stereocenters. The maximum absolute atomic E-state index is 11.3. The van der Waals surface area contributed by atoms with Crippen molar-refractivity contribution in [2.24, 2.45) is 5.92 Å². The number of amides is 1. The van der Waals surface area contributed by atoms with Crippen molar-refractivity contribution in [3.05, 3.63) is 0 Å². The Morgan fingerprint density at radius 2 is 2.17 bits per heavy atom. The highest BCUT2D eigenvalue weighted by Gasteiger charge is 2.07. The van der Waals surface area contributed by atoms with Crippen LogP contribution in [0, 0.1) is 18.3 Å². The van der Waals surface area contributed by atoms with Crippen LogP contribution < -0.4 is 0 Å². The van der Waals surface area contributed by atoms with Crippen molar-refractivity contribution < 1.29 is 4.79 Å². The van der Waals surface area contributed by atoms with E-state index in [1.165, 1.54) is 0 Å². The summed E-state index contributed by atoms with van der Waals surface area (Å²) >= 11 is 0. The number of terminal acetylenes is 1. The summed E-state index contributed by atoms with van der Waals surface area (Å²) in [5, 5.41) is 0. The summed E-state index contributed by atoms with van der Waals surface area (Å²) in [5.74, 6) is 3.16. The van der Waals surface area contributed by atoms with Crippen molar-refractivity contribution in [3.63, 3.8) is 0 Å². The van der Waals surface area contributed by atoms with Gasteiger partial charge in [0.15, 0.2) is 0 Å². The first-order valence-electron chi connectivity index (χ1n) is 4.25. The van der Waals surface area contributed by atoms with E-state index in [9.17, 15) is 4.79 Å². The molecule has 68 valence electrons. The van der Waals surface area contributed by atoms with Gasteiger partial charge in [-0.05, 0) is 12.3 Å². The van der Waals surface area contributed by atoms with Gasteiger partial charge < -0.3 is 4.90 Å². The topological polar surface area (TPSA) is 20.3 Å². The van der Waals surface area contributed by atoms with Gasteiger partial charge in [-0.25, -0.2) is 0 Å². The van der Waals surface area contributed by atoms with Gasteiger partial charge in [0.1, 0.15) is 0 Å². The van der Waals surface area contributed by atoms with Gasteiger partial charge in [-0.1, -0.05) is 19.8 Å². The Hall–Kier alpha value is -0.970. The van der Waals surface area contributed by atoms with Crippen LogP contribution in [0.1, 0.15) is 26.7 Å². The molecule has 0 saturated heterocycles. The lowest BCUT2D eigenvalue weighted by atomic mass is 10.1. The van der Waals surface area contributed by atoms with Gasteiger partial charge >= 0.3 is 0 Å². The van der Waals surface area contributed by atoms with Gasteiger partial charge in [0, 0.05) is 13.5 Å². The highest BCUT2D eigenvalue weighted by atomic mass is 16.2. The number of carbonyl (C=O) groups excluding carboxylic acids is 1. The fraction of sp³-hybridized carbons (Fsp3) is 0.700. The van der Waals surface area contributed by atoms with E-state index >= 15 is 0 Å². The van der Waals surface area contributed by atoms with Crippen molar-refractivity contribution in [1.82, 2.24) is 4.90 Å². The van der Waals surface area contributed by atoms with Crippen LogP contribution in [0.15, 0.2) is 0 Å². The van der Waals surface area contributed by atoms with Crippen molar-refractivity contribution >= 4 is 5.91 Å². The first-order valence-corrected chi connectivity index (χ1v) is 4.25. The minimum absolute atomic E-state index is 0.140. The van der Waals surface area contributed by atoms with E-state index < -0.39 is 0 Å². The molecular weight excluding hydrogens is 150 g/mol. The first-order chi connectivity index (χ1) is 5.57. The van der Waals surface area contributed by atoms with Gasteiger partial charge in [-0.2, -0.15) is 0 Å². The largest absolute Gasteiger partial charge is 0.335 e. The summed E-state index contributed by atoms with van der Waals surface area (Å²) < 4.78 is 0. The zero-order chi connectivity index (χ0) is 9.56. The molecule has 2 nitrogen and oxygen atoms in total. The Labute approximate surface area is 74.9 Å². The maximum Gasteiger partial charge on any atom is 0.223 e. The van der Waals surface area contributed by atoms with Crippen LogP contribution in [0.3, 0.4) is 0 Å². The molecule has 0 aromatic heterocycles. The van der Waals surface area contributed by atoms with Gasteiger partial charge in [-0.3, -0.25) is 4.79 Å². The Bertz CT molecular complexity index is 179. The summed E-state index contributed by atoms with van der Waals surface area (Å²) in [6, 6.07) is 0. The van der Waals surface area contributed by atoms with Crippen LogP contribution in [0.2, 0.25) is 0 Å². The van der Waals surface area contributed by atoms with Crippen molar-refractivity contribution in [1.29, 1.82) is 0 Å². The molecule has 12 heavy (non-hydrogen) atoms. The Balaban J connectivity index is 3.66. The predicted octanol–water partition coefficient (Wildman–Crippen LogP) is 1.51. The second-order valence-electron chi connectivity index (χ2n) is 3.39. The summed E-state index contributed by atoms with van der Waals surface area (Å²) in [4.78, 5) is 12.9. The van der Waals surface area contributed by atoms with Gasteiger partial charge in [0.2, 0.25) is 5.91 Å². The monoisotopic (exact) mass is 167 g/mol. The Morgan fingerprint density at radius 3 is 2.58 bits per heavy atom. The van der Waals surface area contributed by atoms with Crippen LogP contribution in [0.5, 0.6) is 0 Å². The number of carbonyl (C=O) groups is 1. The lowest BCUT2D eigenvalue weighted by molar-refractivity contribution is -0.129. The van der Waals surface area contributed by atoms with Crippen LogP contribution in [-0.2, 0) is 4.79 Å². The van der Waals surface area contributed by atoms with Gasteiger partial charge in [0.25, 0.3) is 0 Å². The minimum Gasteiger partial charge on any atom is -0.335 e. The summed E-state index contributed by atoms with van der Waals surface area (Å²) in [6.45, 7) is 4.62. The smallest absolute Gasteiger partial charge is 0.223 e. The minimum atomic E-state index is 0.140. The number of rotatable bonds is 4. The fourth-order valence-corrected chi connectivity index (χ4v) is 0.828. The molecule has 0 N–H and O–H groups in total. The molecule has 0 aliphatic heterocycles. The van der Waals surface area contributed by atoms with E-state index in [0.29, 0.717) is 18.9 Å². The van der Waals surface area contributed by atoms with Crippen molar-refractivity contribution in [3.8, 4) is 12.3 Å². The van der Waals surface area contributed by atoms with Crippen LogP contribution in [0.4, 0.5) is 0 Å². The maximum atomic E-state index is 11.3. The summed E-state index contributed by atoms with van der Waals surface area (Å²) in [6.07, 6.45) is 6.62. The predicted molar refractivity (Wildman–Crippen MR) is 50.5 cm³/mol. The molecule has 0 aliphatic carbocycles. The Morgan fingerprint density at radius 1 is 1.58 bits per heavy atom. The van der Waals surface area contributed by atoms with E-state index in [-0.39, 0.29) is 5.91 Å². The quantitative estimate of drug-likeness (QED) is 0.581. The normalized spacial score (nSPS) is 9.58. The third-order valence-corrected chi connectivity index (χ3v) is 1.69. The SMILES string of the molecule is C#CCN(C)C(=O)CCC(C)C. The average Bonchev–Trinajstić information content (AvgIpc) is 2.00. The zero-order valence-corrected chi connectivity index (χ0v) is 8.13. The lowest BCUT2D eigenvalue weighted by Crippen LogP contribution is -2.26. The molecule has 0 rings (SSSR count). The van der Waals surface area contributed by atoms with E-state index in [4.69, 9.17) is 6.42 Å². The molecule has 0 unspecified atom stereocenters.